The van der Waals surface area contributed by atoms with Gasteiger partial charge in [-0.3, -0.25) is 0 Å². The molecule has 0 atom stereocenters. The standard InChI is InChI=1S/C121H88B2N4/c1-119(2,3)85-71-95(78-41-16-8-17-42-78)116(96(72-85)79-43-18-9-19-44-79)126-106-63-36-34-61-102(106)122-104-75-105-109(76-108(104)124(87-49-24-12-25-50-87)110-68-83(69-111(126)114(110)122)77-39-14-7-15-40-77)125(88-51-26-13-27-52-88)112-70-84-67-82(89-56-38-57-94-93-55-30-33-60-101(93)121(113(89)94)99-58-31-28-53-91(99)92-54-29-32-59-100(92)121)65-66-90(84)118-115(112)123(105)103-62-35-37-64-107(103)127(118)117-97(80-45-20-10-21-46-80)73-86(120(4,5)6)74-98(117)81-47-22-11-23-48-81/h7-76H,1-6H3/i7D,14D,15D,39D,40D. The van der Waals surface area contributed by atoms with Gasteiger partial charge < -0.3 is 19.6 Å². The number of fused-ring (bicyclic) bond motifs is 20. The molecule has 6 aliphatic rings. The average molecular weight is 1620 g/mol. The minimum Gasteiger partial charge on any atom is -0.311 e. The van der Waals surface area contributed by atoms with Crippen LogP contribution in [0.1, 0.15) is 81.8 Å². The number of hydrogen-bond donors (Lipinski definition) is 0. The van der Waals surface area contributed by atoms with E-state index in [1.54, 1.807) is 0 Å². The summed E-state index contributed by atoms with van der Waals surface area (Å²) in [4.78, 5) is 10.1. The first-order chi connectivity index (χ1) is 64.4. The molecule has 0 aromatic heterocycles. The molecule has 4 heterocycles. The van der Waals surface area contributed by atoms with Crippen molar-refractivity contribution in [2.75, 3.05) is 19.6 Å². The first kappa shape index (κ1) is 69.2. The zero-order valence-electron chi connectivity index (χ0n) is 76.5. The molecule has 1 spiro atoms. The Hall–Kier alpha value is -15.2. The van der Waals surface area contributed by atoms with Crippen molar-refractivity contribution in [3.63, 3.8) is 0 Å². The van der Waals surface area contributed by atoms with Crippen molar-refractivity contribution >= 4 is 125 Å². The predicted octanol–water partition coefficient (Wildman–Crippen LogP) is 27.9. The number of benzene rings is 19. The SMILES string of the molecule is [2H]c1c([2H])c([2H])c(-c2cc3c4c(c2)N(c2c(-c5ccccc5)cc(C(C)(C)C)cc2-c2ccccc2)c2ccccc2B4c2cc4c(cc2N3c2ccccc2)N(c2ccccc2)c2cc3cc(-c5cccc6c5C5(c7ccccc7-c7ccccc75)c5ccccc5-6)ccc3c3c2B4c2ccccc2N3c2c(-c3ccccc3)cc(C(C)(C)C)cc2-c2ccccc2)c([2H])c1[2H]. The molecular weight excluding hydrogens is 1530 g/mol. The van der Waals surface area contributed by atoms with Crippen LogP contribution >= 0.6 is 0 Å². The van der Waals surface area contributed by atoms with Crippen molar-refractivity contribution in [3.8, 4) is 89.0 Å². The second-order valence-electron chi connectivity index (χ2n) is 36.9. The molecule has 0 unspecified atom stereocenters. The van der Waals surface area contributed by atoms with Gasteiger partial charge in [-0.05, 0) is 240 Å². The maximum absolute atomic E-state index is 10.0. The summed E-state index contributed by atoms with van der Waals surface area (Å²) in [6, 6.07) is 145. The van der Waals surface area contributed by atoms with Crippen molar-refractivity contribution in [1.29, 1.82) is 0 Å². The molecule has 0 saturated heterocycles. The largest absolute Gasteiger partial charge is 0.311 e. The fourth-order valence-electron chi connectivity index (χ4n) is 22.4. The summed E-state index contributed by atoms with van der Waals surface area (Å²) < 4.78 is 48.1. The van der Waals surface area contributed by atoms with Crippen LogP contribution < -0.4 is 52.4 Å². The Balaban J connectivity index is 0.815. The Morgan fingerprint density at radius 1 is 0.244 bits per heavy atom. The average Bonchev–Trinajstić information content (AvgIpc) is 1.35. The highest BCUT2D eigenvalue weighted by molar-refractivity contribution is 7.03. The van der Waals surface area contributed by atoms with Gasteiger partial charge in [0.25, 0.3) is 13.4 Å². The van der Waals surface area contributed by atoms with Gasteiger partial charge in [-0.15, -0.1) is 0 Å². The summed E-state index contributed by atoms with van der Waals surface area (Å²) in [7, 11) is 0. The van der Waals surface area contributed by atoms with Crippen LogP contribution in [0.15, 0.2) is 425 Å². The molecule has 0 N–H and O–H groups in total. The molecule has 6 heteroatoms. The lowest BCUT2D eigenvalue weighted by atomic mass is 9.30. The van der Waals surface area contributed by atoms with Crippen LogP contribution in [0.2, 0.25) is 0 Å². The van der Waals surface area contributed by atoms with Crippen LogP contribution in [0.5, 0.6) is 0 Å². The third kappa shape index (κ3) is 11.2. The van der Waals surface area contributed by atoms with Crippen molar-refractivity contribution < 1.29 is 6.85 Å². The molecule has 0 saturated carbocycles. The van der Waals surface area contributed by atoms with E-state index >= 15 is 0 Å². The third-order valence-electron chi connectivity index (χ3n) is 27.9. The Labute approximate surface area is 751 Å². The summed E-state index contributed by atoms with van der Waals surface area (Å²) in [5.41, 5.74) is 41.2. The Bertz CT molecular complexity index is 7860. The van der Waals surface area contributed by atoms with Crippen LogP contribution in [0.25, 0.3) is 99.8 Å². The number of hydrogen-bond acceptors (Lipinski definition) is 4. The molecule has 598 valence electrons. The van der Waals surface area contributed by atoms with Crippen molar-refractivity contribution in [3.05, 3.63) is 458 Å². The molecule has 0 fully saturated rings. The van der Waals surface area contributed by atoms with Crippen LogP contribution in [-0.2, 0) is 16.2 Å². The second-order valence-corrected chi connectivity index (χ2v) is 36.9. The van der Waals surface area contributed by atoms with Gasteiger partial charge in [0.05, 0.1) is 29.3 Å². The monoisotopic (exact) mass is 1620 g/mol. The van der Waals surface area contributed by atoms with Crippen molar-refractivity contribution in [2.24, 2.45) is 0 Å². The number of anilines is 12. The summed E-state index contributed by atoms with van der Waals surface area (Å²) in [6.07, 6.45) is 0. The summed E-state index contributed by atoms with van der Waals surface area (Å²) in [5.74, 6) is 0. The van der Waals surface area contributed by atoms with E-state index < -0.39 is 37.0 Å². The Kier molecular flexibility index (Phi) is 15.5. The minimum atomic E-state index is -0.624. The Morgan fingerprint density at radius 2 is 0.630 bits per heavy atom. The highest BCUT2D eigenvalue weighted by Gasteiger charge is 2.54. The molecule has 127 heavy (non-hydrogen) atoms. The number of rotatable bonds is 10. The lowest BCUT2D eigenvalue weighted by Gasteiger charge is -2.48. The first-order valence-electron chi connectivity index (χ1n) is 46.9. The highest BCUT2D eigenvalue weighted by Crippen LogP contribution is 2.66. The molecule has 19 aromatic carbocycles. The van der Waals surface area contributed by atoms with Crippen molar-refractivity contribution in [2.45, 2.75) is 57.8 Å². The van der Waals surface area contributed by atoms with Gasteiger partial charge in [-0.25, -0.2) is 0 Å². The summed E-state index contributed by atoms with van der Waals surface area (Å²) in [5, 5.41) is 2.18. The molecule has 19 aromatic rings. The summed E-state index contributed by atoms with van der Waals surface area (Å²) in [6.45, 7) is 13.0. The van der Waals surface area contributed by atoms with Gasteiger partial charge in [0, 0.05) is 78.8 Å². The van der Waals surface area contributed by atoms with Gasteiger partial charge >= 0.3 is 0 Å². The van der Waals surface area contributed by atoms with Gasteiger partial charge in [0.15, 0.2) is 0 Å². The van der Waals surface area contributed by atoms with Crippen LogP contribution in [-0.4, -0.2) is 13.4 Å². The van der Waals surface area contributed by atoms with E-state index in [-0.39, 0.29) is 28.5 Å². The fraction of sp³-hybridized carbons (Fsp3) is 0.0744. The van der Waals surface area contributed by atoms with Gasteiger partial charge in [-0.2, -0.15) is 0 Å². The van der Waals surface area contributed by atoms with Gasteiger partial charge in [0.1, 0.15) is 0 Å². The molecule has 0 bridgehead atoms. The molecule has 2 aliphatic carbocycles. The predicted molar refractivity (Wildman–Crippen MR) is 538 cm³/mol. The zero-order valence-corrected chi connectivity index (χ0v) is 71.5. The van der Waals surface area contributed by atoms with Crippen LogP contribution in [0.4, 0.5) is 68.2 Å². The zero-order chi connectivity index (χ0) is 89.1. The molecular formula is C121H88B2N4. The van der Waals surface area contributed by atoms with Crippen LogP contribution in [0, 0.1) is 0 Å². The van der Waals surface area contributed by atoms with E-state index in [0.717, 1.165) is 156 Å². The molecule has 0 radical (unpaired) electrons. The Morgan fingerprint density at radius 3 is 1.11 bits per heavy atom. The third-order valence-corrected chi connectivity index (χ3v) is 27.9. The maximum Gasteiger partial charge on any atom is 0.252 e. The van der Waals surface area contributed by atoms with E-state index in [9.17, 15) is 5.48 Å². The van der Waals surface area contributed by atoms with Crippen molar-refractivity contribution in [1.82, 2.24) is 0 Å². The van der Waals surface area contributed by atoms with E-state index in [1.807, 2.05) is 0 Å². The van der Waals surface area contributed by atoms with E-state index in [4.69, 9.17) is 1.37 Å². The highest BCUT2D eigenvalue weighted by atomic mass is 15.2. The van der Waals surface area contributed by atoms with E-state index in [0.29, 0.717) is 5.56 Å². The smallest absolute Gasteiger partial charge is 0.252 e. The van der Waals surface area contributed by atoms with Gasteiger partial charge in [0.2, 0.25) is 0 Å². The second kappa shape index (κ2) is 28.4. The molecule has 4 nitrogen and oxygen atoms in total. The summed E-state index contributed by atoms with van der Waals surface area (Å²) >= 11 is 0. The topological polar surface area (TPSA) is 13.0 Å². The van der Waals surface area contributed by atoms with E-state index in [1.165, 1.54) is 66.7 Å². The number of para-hydroxylation sites is 4. The molecule has 25 rings (SSSR count). The maximum atomic E-state index is 10.0. The minimum absolute atomic E-state index is 0.115. The van der Waals surface area contributed by atoms with Gasteiger partial charge in [-0.1, -0.05) is 375 Å². The van der Waals surface area contributed by atoms with Crippen LogP contribution in [0.3, 0.4) is 0 Å². The normalized spacial score (nSPS) is 14.3. The number of nitrogens with zero attached hydrogens (tertiary/aromatic N) is 4. The van der Waals surface area contributed by atoms with E-state index in [2.05, 4.69) is 455 Å². The molecule has 0 amide bonds. The molecule has 4 aliphatic heterocycles. The first-order valence-corrected chi connectivity index (χ1v) is 44.4. The quantitative estimate of drug-likeness (QED) is 0.127. The fourth-order valence-corrected chi connectivity index (χ4v) is 22.4. The lowest BCUT2D eigenvalue weighted by Crippen LogP contribution is -2.65. The lowest BCUT2D eigenvalue weighted by molar-refractivity contribution is 0.590.